The van der Waals surface area contributed by atoms with Crippen molar-refractivity contribution in [1.29, 1.82) is 0 Å². The molecule has 0 unspecified atom stereocenters. The molecule has 8 heteroatoms. The Hall–Kier alpha value is -2.16. The van der Waals surface area contributed by atoms with Crippen molar-refractivity contribution in [2.45, 2.75) is 76.9 Å². The summed E-state index contributed by atoms with van der Waals surface area (Å²) in [6.07, 6.45) is 7.16. The summed E-state index contributed by atoms with van der Waals surface area (Å²) in [6.45, 7) is 1.59. The third-order valence-corrected chi connectivity index (χ3v) is 7.40. The molecule has 0 heterocycles. The highest BCUT2D eigenvalue weighted by Crippen LogP contribution is 2.48. The Balaban J connectivity index is 1.61. The zero-order chi connectivity index (χ0) is 25.2. The van der Waals surface area contributed by atoms with Crippen molar-refractivity contribution in [2.75, 3.05) is 26.4 Å². The van der Waals surface area contributed by atoms with Gasteiger partial charge in [0.2, 0.25) is 0 Å². The number of aliphatic hydroxyl groups is 2. The number of benzene rings is 1. The molecule has 1 fully saturated rings. The highest BCUT2D eigenvalue weighted by molar-refractivity contribution is 5.70. The molecule has 1 saturated carbocycles. The fraction of sp³-hybridized carbons (Fsp3) is 0.704. The molecule has 0 radical (unpaired) electrons. The number of aliphatic hydroxyl groups excluding tert-OH is 2. The zero-order valence-corrected chi connectivity index (χ0v) is 20.7. The van der Waals surface area contributed by atoms with Crippen molar-refractivity contribution in [2.24, 2.45) is 17.8 Å². The lowest BCUT2D eigenvalue weighted by atomic mass is 9.73. The van der Waals surface area contributed by atoms with Gasteiger partial charge in [-0.2, -0.15) is 0 Å². The Morgan fingerprint density at radius 1 is 1.14 bits per heavy atom. The molecular formula is C27H40O8. The molecule has 0 aromatic heterocycles. The largest absolute Gasteiger partial charge is 0.482 e. The summed E-state index contributed by atoms with van der Waals surface area (Å²) in [5.74, 6) is 0.0200. The fourth-order valence-electron chi connectivity index (χ4n) is 5.78. The van der Waals surface area contributed by atoms with Crippen LogP contribution in [0.1, 0.15) is 63.0 Å². The summed E-state index contributed by atoms with van der Waals surface area (Å²) >= 11 is 0. The van der Waals surface area contributed by atoms with E-state index in [1.807, 2.05) is 12.1 Å². The van der Waals surface area contributed by atoms with Crippen molar-refractivity contribution < 1.29 is 39.1 Å². The standard InChI is InChI=1S/C27H40O8/c1-2-3-4-7-20(35-27(32)17-33-12-11-28)9-10-21-22-13-18-6-5-8-25(34-16-26(30)31)23(18)14-19(22)15-24(21)29/h5-6,8,19-22,24,28-29H,2-4,7,9-17H2,1H3,(H,30,31)/t19-,20-,21+,22-,24+/m0/s1. The van der Waals surface area contributed by atoms with Crippen LogP contribution in [0, 0.1) is 17.8 Å². The van der Waals surface area contributed by atoms with Crippen LogP contribution in [0.25, 0.3) is 0 Å². The Kier molecular flexibility index (Phi) is 10.8. The lowest BCUT2D eigenvalue weighted by molar-refractivity contribution is -0.155. The first-order valence-corrected chi connectivity index (χ1v) is 12.9. The predicted molar refractivity (Wildman–Crippen MR) is 129 cm³/mol. The van der Waals surface area contributed by atoms with Gasteiger partial charge in [0, 0.05) is 0 Å². The average molecular weight is 493 g/mol. The Labute approximate surface area is 207 Å². The van der Waals surface area contributed by atoms with Crippen LogP contribution < -0.4 is 4.74 Å². The number of carbonyl (C=O) groups excluding carboxylic acids is 1. The maximum Gasteiger partial charge on any atom is 0.341 e. The molecule has 8 nitrogen and oxygen atoms in total. The van der Waals surface area contributed by atoms with Crippen molar-refractivity contribution >= 4 is 11.9 Å². The van der Waals surface area contributed by atoms with Gasteiger partial charge in [0.1, 0.15) is 18.5 Å². The maximum atomic E-state index is 12.2. The van der Waals surface area contributed by atoms with Gasteiger partial charge in [-0.25, -0.2) is 9.59 Å². The van der Waals surface area contributed by atoms with Gasteiger partial charge >= 0.3 is 11.9 Å². The second-order valence-electron chi connectivity index (χ2n) is 9.84. The molecule has 1 aromatic rings. The van der Waals surface area contributed by atoms with Crippen LogP contribution >= 0.6 is 0 Å². The molecule has 196 valence electrons. The highest BCUT2D eigenvalue weighted by Gasteiger charge is 2.45. The van der Waals surface area contributed by atoms with Gasteiger partial charge in [0.25, 0.3) is 0 Å². The number of fused-ring (bicyclic) bond motifs is 2. The number of unbranched alkanes of at least 4 members (excludes halogenated alkanes) is 2. The minimum absolute atomic E-state index is 0.109. The van der Waals surface area contributed by atoms with E-state index >= 15 is 0 Å². The maximum absolute atomic E-state index is 12.2. The van der Waals surface area contributed by atoms with E-state index in [4.69, 9.17) is 24.4 Å². The summed E-state index contributed by atoms with van der Waals surface area (Å²) in [5.41, 5.74) is 2.23. The summed E-state index contributed by atoms with van der Waals surface area (Å²) in [5, 5.41) is 28.7. The van der Waals surface area contributed by atoms with Crippen LogP contribution in [0.3, 0.4) is 0 Å². The SMILES string of the molecule is CCCCC[C@@H](CC[C@@H]1[C@H]2Cc3cccc(OCC(=O)O)c3C[C@H]2C[C@H]1O)OC(=O)COCCO. The van der Waals surface area contributed by atoms with E-state index in [-0.39, 0.29) is 38.4 Å². The van der Waals surface area contributed by atoms with E-state index < -0.39 is 18.0 Å². The van der Waals surface area contributed by atoms with E-state index in [1.54, 1.807) is 0 Å². The Bertz CT molecular complexity index is 825. The topological polar surface area (TPSA) is 123 Å². The normalized spacial score (nSPS) is 23.9. The second-order valence-corrected chi connectivity index (χ2v) is 9.84. The molecule has 0 saturated heterocycles. The number of hydrogen-bond donors (Lipinski definition) is 3. The minimum Gasteiger partial charge on any atom is -0.482 e. The Morgan fingerprint density at radius 2 is 1.97 bits per heavy atom. The van der Waals surface area contributed by atoms with Gasteiger partial charge in [-0.05, 0) is 79.9 Å². The number of carbonyl (C=O) groups is 2. The molecule has 0 bridgehead atoms. The first-order chi connectivity index (χ1) is 16.9. The predicted octanol–water partition coefficient (Wildman–Crippen LogP) is 3.14. The van der Waals surface area contributed by atoms with Crippen molar-refractivity contribution in [3.8, 4) is 5.75 Å². The first-order valence-electron chi connectivity index (χ1n) is 12.9. The smallest absolute Gasteiger partial charge is 0.341 e. The molecule has 3 rings (SSSR count). The number of carboxylic acids is 1. The monoisotopic (exact) mass is 492 g/mol. The molecule has 0 aliphatic heterocycles. The lowest BCUT2D eigenvalue weighted by Crippen LogP contribution is -2.29. The summed E-state index contributed by atoms with van der Waals surface area (Å²) < 4.78 is 16.3. The van der Waals surface area contributed by atoms with Crippen LogP contribution in [0.15, 0.2) is 18.2 Å². The lowest BCUT2D eigenvalue weighted by Gasteiger charge is -2.32. The third kappa shape index (κ3) is 7.92. The van der Waals surface area contributed by atoms with Gasteiger partial charge in [0.15, 0.2) is 6.61 Å². The van der Waals surface area contributed by atoms with Crippen molar-refractivity contribution in [3.63, 3.8) is 0 Å². The molecule has 0 amide bonds. The van der Waals surface area contributed by atoms with Gasteiger partial charge in [0.05, 0.1) is 19.3 Å². The van der Waals surface area contributed by atoms with E-state index in [0.717, 1.165) is 56.9 Å². The molecule has 0 spiro atoms. The fourth-order valence-corrected chi connectivity index (χ4v) is 5.78. The van der Waals surface area contributed by atoms with Gasteiger partial charge in [-0.3, -0.25) is 0 Å². The van der Waals surface area contributed by atoms with E-state index in [9.17, 15) is 14.7 Å². The number of rotatable bonds is 15. The van der Waals surface area contributed by atoms with Crippen LogP contribution in [0.4, 0.5) is 0 Å². The number of hydrogen-bond acceptors (Lipinski definition) is 7. The zero-order valence-electron chi connectivity index (χ0n) is 20.7. The summed E-state index contributed by atoms with van der Waals surface area (Å²) in [4.78, 5) is 23.1. The van der Waals surface area contributed by atoms with Gasteiger partial charge in [-0.15, -0.1) is 0 Å². The quantitative estimate of drug-likeness (QED) is 0.252. The number of esters is 1. The summed E-state index contributed by atoms with van der Waals surface area (Å²) in [6, 6.07) is 5.80. The van der Waals surface area contributed by atoms with E-state index in [1.165, 1.54) is 5.56 Å². The molecule has 2 aliphatic carbocycles. The average Bonchev–Trinajstić information content (AvgIpc) is 3.13. The summed E-state index contributed by atoms with van der Waals surface area (Å²) in [7, 11) is 0. The van der Waals surface area contributed by atoms with Crippen LogP contribution in [-0.4, -0.2) is 65.9 Å². The Morgan fingerprint density at radius 3 is 2.71 bits per heavy atom. The van der Waals surface area contributed by atoms with Gasteiger partial charge in [-0.1, -0.05) is 31.9 Å². The van der Waals surface area contributed by atoms with Crippen molar-refractivity contribution in [1.82, 2.24) is 0 Å². The molecular weight excluding hydrogens is 452 g/mol. The molecule has 35 heavy (non-hydrogen) atoms. The first kappa shape index (κ1) is 27.4. The van der Waals surface area contributed by atoms with Gasteiger partial charge < -0.3 is 29.5 Å². The third-order valence-electron chi connectivity index (χ3n) is 7.40. The van der Waals surface area contributed by atoms with Crippen LogP contribution in [0.2, 0.25) is 0 Å². The van der Waals surface area contributed by atoms with Crippen LogP contribution in [0.5, 0.6) is 5.75 Å². The molecule has 1 aromatic carbocycles. The number of aliphatic carboxylic acids is 1. The van der Waals surface area contributed by atoms with Crippen molar-refractivity contribution in [3.05, 3.63) is 29.3 Å². The highest BCUT2D eigenvalue weighted by atomic mass is 16.6. The van der Waals surface area contributed by atoms with E-state index in [0.29, 0.717) is 24.0 Å². The minimum atomic E-state index is -0.998. The number of ether oxygens (including phenoxy) is 3. The molecule has 2 aliphatic rings. The molecule has 5 atom stereocenters. The van der Waals surface area contributed by atoms with E-state index in [2.05, 4.69) is 13.0 Å². The second kappa shape index (κ2) is 13.8. The number of carboxylic acid groups (broad SMARTS) is 1. The molecule has 3 N–H and O–H groups in total. The van der Waals surface area contributed by atoms with Crippen LogP contribution in [-0.2, 0) is 31.9 Å².